The van der Waals surface area contributed by atoms with Crippen LogP contribution in [-0.2, 0) is 16.1 Å². The monoisotopic (exact) mass is 353 g/mol. The first-order valence-electron chi connectivity index (χ1n) is 8.06. The fraction of sp³-hybridized carbons (Fsp3) is 0.200. The highest BCUT2D eigenvalue weighted by atomic mass is 32.1. The van der Waals surface area contributed by atoms with Crippen molar-refractivity contribution in [2.75, 3.05) is 6.61 Å². The van der Waals surface area contributed by atoms with Crippen molar-refractivity contribution in [2.45, 2.75) is 20.0 Å². The molecule has 0 aliphatic heterocycles. The van der Waals surface area contributed by atoms with Crippen LogP contribution >= 0.6 is 11.3 Å². The van der Waals surface area contributed by atoms with E-state index in [2.05, 4.69) is 4.98 Å². The van der Waals surface area contributed by atoms with Gasteiger partial charge in [-0.15, -0.1) is 11.3 Å². The number of carbonyl (C=O) groups is 1. The van der Waals surface area contributed by atoms with Crippen LogP contribution in [0.4, 0.5) is 0 Å². The van der Waals surface area contributed by atoms with Gasteiger partial charge in [-0.05, 0) is 18.6 Å². The number of ether oxygens (including phenoxy) is 2. The number of nitrogens with zero attached hydrogens (tertiary/aromatic N) is 1. The second-order valence-corrected chi connectivity index (χ2v) is 6.39. The van der Waals surface area contributed by atoms with Gasteiger partial charge >= 0.3 is 5.97 Å². The Kier molecular flexibility index (Phi) is 5.80. The molecule has 0 saturated heterocycles. The summed E-state index contributed by atoms with van der Waals surface area (Å²) < 4.78 is 10.9. The smallest absolute Gasteiger partial charge is 0.309 e. The minimum atomic E-state index is -0.289. The van der Waals surface area contributed by atoms with Crippen LogP contribution in [0.2, 0.25) is 0 Å². The molecule has 1 heterocycles. The number of rotatable bonds is 7. The summed E-state index contributed by atoms with van der Waals surface area (Å²) in [7, 11) is 0. The number of esters is 1. The number of hydrogen-bond donors (Lipinski definition) is 0. The molecule has 0 N–H and O–H groups in total. The lowest BCUT2D eigenvalue weighted by Crippen LogP contribution is -2.10. The van der Waals surface area contributed by atoms with Gasteiger partial charge in [-0.25, -0.2) is 4.98 Å². The maximum Gasteiger partial charge on any atom is 0.309 e. The van der Waals surface area contributed by atoms with E-state index in [9.17, 15) is 4.79 Å². The summed E-state index contributed by atoms with van der Waals surface area (Å²) in [6.07, 6.45) is 0.212. The molecule has 0 amide bonds. The first kappa shape index (κ1) is 17.2. The van der Waals surface area contributed by atoms with E-state index >= 15 is 0 Å². The first-order chi connectivity index (χ1) is 12.2. The van der Waals surface area contributed by atoms with E-state index < -0.39 is 0 Å². The van der Waals surface area contributed by atoms with Crippen LogP contribution in [0, 0.1) is 6.92 Å². The quantitative estimate of drug-likeness (QED) is 0.581. The van der Waals surface area contributed by atoms with Crippen LogP contribution in [0.25, 0.3) is 10.6 Å². The van der Waals surface area contributed by atoms with Crippen LogP contribution < -0.4 is 4.74 Å². The summed E-state index contributed by atoms with van der Waals surface area (Å²) in [4.78, 5) is 16.3. The molecule has 0 atom stereocenters. The highest BCUT2D eigenvalue weighted by Gasteiger charge is 2.08. The van der Waals surface area contributed by atoms with Crippen molar-refractivity contribution in [3.8, 4) is 16.3 Å². The Hall–Kier alpha value is -2.66. The lowest BCUT2D eigenvalue weighted by molar-refractivity contribution is -0.145. The summed E-state index contributed by atoms with van der Waals surface area (Å²) in [6, 6.07) is 17.7. The molecule has 2 aromatic carbocycles. The Labute approximate surface area is 151 Å². The molecule has 0 aliphatic rings. The first-order valence-corrected chi connectivity index (χ1v) is 8.94. The van der Waals surface area contributed by atoms with Gasteiger partial charge in [0.25, 0.3) is 0 Å². The SMILES string of the molecule is Cc1ccccc1OCCC(=O)OCc1csc(-c2ccccc2)n1. The van der Waals surface area contributed by atoms with E-state index in [4.69, 9.17) is 9.47 Å². The Morgan fingerprint density at radius 3 is 2.64 bits per heavy atom. The third-order valence-electron chi connectivity index (χ3n) is 3.61. The lowest BCUT2D eigenvalue weighted by Gasteiger charge is -2.08. The molecule has 0 radical (unpaired) electrons. The van der Waals surface area contributed by atoms with Crippen LogP contribution in [0.3, 0.4) is 0 Å². The summed E-state index contributed by atoms with van der Waals surface area (Å²) in [5, 5.41) is 2.84. The zero-order valence-corrected chi connectivity index (χ0v) is 14.8. The van der Waals surface area contributed by atoms with Crippen molar-refractivity contribution in [3.05, 3.63) is 71.2 Å². The molecule has 0 fully saturated rings. The topological polar surface area (TPSA) is 48.4 Å². The molecule has 0 aliphatic carbocycles. The highest BCUT2D eigenvalue weighted by molar-refractivity contribution is 7.13. The number of aryl methyl sites for hydroxylation is 1. The zero-order valence-electron chi connectivity index (χ0n) is 14.0. The predicted molar refractivity (Wildman–Crippen MR) is 98.6 cm³/mol. The normalized spacial score (nSPS) is 10.4. The number of para-hydroxylation sites is 1. The van der Waals surface area contributed by atoms with Crippen LogP contribution in [-0.4, -0.2) is 17.6 Å². The fourth-order valence-electron chi connectivity index (χ4n) is 2.28. The van der Waals surface area contributed by atoms with Crippen LogP contribution in [0.5, 0.6) is 5.75 Å². The van der Waals surface area contributed by atoms with Crippen molar-refractivity contribution in [2.24, 2.45) is 0 Å². The molecule has 1 aromatic heterocycles. The zero-order chi connectivity index (χ0) is 17.5. The van der Waals surface area contributed by atoms with Crippen molar-refractivity contribution in [1.82, 2.24) is 4.98 Å². The molecule has 0 bridgehead atoms. The molecule has 0 saturated carbocycles. The summed E-state index contributed by atoms with van der Waals surface area (Å²) in [5.74, 6) is 0.505. The molecule has 5 heteroatoms. The number of hydrogen-bond acceptors (Lipinski definition) is 5. The van der Waals surface area contributed by atoms with Gasteiger partial charge in [0.1, 0.15) is 17.4 Å². The fourth-order valence-corrected chi connectivity index (χ4v) is 3.09. The van der Waals surface area contributed by atoms with Gasteiger partial charge in [-0.1, -0.05) is 48.5 Å². The highest BCUT2D eigenvalue weighted by Crippen LogP contribution is 2.23. The molecule has 4 nitrogen and oxygen atoms in total. The third-order valence-corrected chi connectivity index (χ3v) is 4.55. The standard InChI is InChI=1S/C20H19NO3S/c1-15-7-5-6-10-18(15)23-12-11-19(22)24-13-17-14-25-20(21-17)16-8-3-2-4-9-16/h2-10,14H,11-13H2,1H3. The van der Waals surface area contributed by atoms with Gasteiger partial charge in [-0.2, -0.15) is 0 Å². The third kappa shape index (κ3) is 4.90. The van der Waals surface area contributed by atoms with Gasteiger partial charge in [-0.3, -0.25) is 4.79 Å². The van der Waals surface area contributed by atoms with E-state index in [0.29, 0.717) is 6.61 Å². The summed E-state index contributed by atoms with van der Waals surface area (Å²) in [5.41, 5.74) is 2.88. The molecular weight excluding hydrogens is 334 g/mol. The molecule has 0 spiro atoms. The molecule has 128 valence electrons. The van der Waals surface area contributed by atoms with Crippen LogP contribution in [0.1, 0.15) is 17.7 Å². The average Bonchev–Trinajstić information content (AvgIpc) is 3.11. The molecule has 3 aromatic rings. The maximum atomic E-state index is 11.8. The Morgan fingerprint density at radius 1 is 1.08 bits per heavy atom. The van der Waals surface area contributed by atoms with E-state index in [0.717, 1.165) is 27.6 Å². The van der Waals surface area contributed by atoms with E-state index in [1.54, 1.807) is 11.3 Å². The van der Waals surface area contributed by atoms with Gasteiger partial charge < -0.3 is 9.47 Å². The molecule has 25 heavy (non-hydrogen) atoms. The predicted octanol–water partition coefficient (Wildman–Crippen LogP) is 4.63. The van der Waals surface area contributed by atoms with Crippen molar-refractivity contribution in [3.63, 3.8) is 0 Å². The lowest BCUT2D eigenvalue weighted by atomic mass is 10.2. The average molecular weight is 353 g/mol. The van der Waals surface area contributed by atoms with Crippen molar-refractivity contribution >= 4 is 17.3 Å². The van der Waals surface area contributed by atoms with Crippen LogP contribution in [0.15, 0.2) is 60.0 Å². The van der Waals surface area contributed by atoms with Gasteiger partial charge in [0, 0.05) is 10.9 Å². The molecule has 0 unspecified atom stereocenters. The Bertz CT molecular complexity index is 830. The van der Waals surface area contributed by atoms with Crippen molar-refractivity contribution in [1.29, 1.82) is 0 Å². The van der Waals surface area contributed by atoms with Crippen molar-refractivity contribution < 1.29 is 14.3 Å². The number of benzene rings is 2. The van der Waals surface area contributed by atoms with E-state index in [1.807, 2.05) is 66.9 Å². The number of aromatic nitrogens is 1. The second kappa shape index (κ2) is 8.44. The van der Waals surface area contributed by atoms with Gasteiger partial charge in [0.2, 0.25) is 0 Å². The van der Waals surface area contributed by atoms with E-state index in [1.165, 1.54) is 0 Å². The minimum absolute atomic E-state index is 0.187. The Balaban J connectivity index is 1.44. The second-order valence-electron chi connectivity index (χ2n) is 5.53. The molecular formula is C20H19NO3S. The summed E-state index contributed by atoms with van der Waals surface area (Å²) in [6.45, 7) is 2.46. The maximum absolute atomic E-state index is 11.8. The van der Waals surface area contributed by atoms with Gasteiger partial charge in [0.05, 0.1) is 18.7 Å². The summed E-state index contributed by atoms with van der Waals surface area (Å²) >= 11 is 1.54. The van der Waals surface area contributed by atoms with Gasteiger partial charge in [0.15, 0.2) is 0 Å². The molecule has 3 rings (SSSR count). The van der Waals surface area contributed by atoms with E-state index in [-0.39, 0.29) is 19.0 Å². The minimum Gasteiger partial charge on any atom is -0.493 e. The largest absolute Gasteiger partial charge is 0.493 e. The number of thiazole rings is 1. The Morgan fingerprint density at radius 2 is 1.84 bits per heavy atom. The number of carbonyl (C=O) groups excluding carboxylic acids is 1.